The lowest BCUT2D eigenvalue weighted by Crippen LogP contribution is -2.40. The fourth-order valence-electron chi connectivity index (χ4n) is 6.92. The van der Waals surface area contributed by atoms with E-state index in [-0.39, 0.29) is 40.3 Å². The Bertz CT molecular complexity index is 1540. The molecule has 2 aliphatic carbocycles. The maximum Gasteiger partial charge on any atom is 0.251 e. The molecule has 0 radical (unpaired) electrons. The number of aryl methyl sites for hydroxylation is 2. The zero-order chi connectivity index (χ0) is 39.2. The second-order valence-electron chi connectivity index (χ2n) is 17.5. The second kappa shape index (κ2) is 21.0. The molecule has 2 amide bonds. The highest BCUT2D eigenvalue weighted by Crippen LogP contribution is 2.30. The Labute approximate surface area is 325 Å². The van der Waals surface area contributed by atoms with Gasteiger partial charge in [0.1, 0.15) is 0 Å². The van der Waals surface area contributed by atoms with Crippen molar-refractivity contribution in [2.75, 3.05) is 11.5 Å². The van der Waals surface area contributed by atoms with Gasteiger partial charge in [0.2, 0.25) is 0 Å². The van der Waals surface area contributed by atoms with Crippen LogP contribution in [0.15, 0.2) is 48.5 Å². The number of benzene rings is 2. The minimum atomic E-state index is -3.08. The van der Waals surface area contributed by atoms with Crippen molar-refractivity contribution in [3.05, 3.63) is 70.8 Å². The van der Waals surface area contributed by atoms with E-state index in [0.29, 0.717) is 11.5 Å². The van der Waals surface area contributed by atoms with E-state index in [1.807, 2.05) is 57.2 Å². The van der Waals surface area contributed by atoms with Crippen molar-refractivity contribution in [3.8, 4) is 0 Å². The van der Waals surface area contributed by atoms with Gasteiger partial charge in [-0.3, -0.25) is 13.8 Å². The quantitative estimate of drug-likeness (QED) is 0.199. The summed E-state index contributed by atoms with van der Waals surface area (Å²) in [5.41, 5.74) is 4.03. The predicted octanol–water partition coefficient (Wildman–Crippen LogP) is 9.40. The molecule has 0 aromatic heterocycles. The van der Waals surface area contributed by atoms with Crippen molar-refractivity contribution in [2.24, 2.45) is 11.8 Å². The Balaban J connectivity index is 0.000000286. The highest BCUT2D eigenvalue weighted by Gasteiger charge is 2.34. The number of unbranched alkanes of at least 4 members (excludes halogenated alkanes) is 2. The summed E-state index contributed by atoms with van der Waals surface area (Å²) >= 11 is 0. The average molecular weight is 771 g/mol. The van der Waals surface area contributed by atoms with Gasteiger partial charge in [-0.1, -0.05) is 51.0 Å². The summed E-state index contributed by atoms with van der Waals surface area (Å²) in [6.45, 7) is 15.8. The zero-order valence-electron chi connectivity index (χ0n) is 34.1. The lowest BCUT2D eigenvalue weighted by atomic mass is 9.87. The lowest BCUT2D eigenvalue weighted by molar-refractivity contribution is 0.0915. The number of carbonyl (C=O) groups is 2. The van der Waals surface area contributed by atoms with Crippen molar-refractivity contribution in [1.82, 2.24) is 10.6 Å². The molecule has 2 N–H and O–H groups in total. The number of nitrogens with one attached hydrogen (secondary N) is 2. The van der Waals surface area contributed by atoms with Crippen LogP contribution in [0.4, 0.5) is 0 Å². The highest BCUT2D eigenvalue weighted by atomic mass is 32.2. The minimum Gasteiger partial charge on any atom is -0.349 e. The van der Waals surface area contributed by atoms with Crippen molar-refractivity contribution < 1.29 is 22.2 Å². The molecule has 2 aromatic carbocycles. The minimum absolute atomic E-state index is 0.0252. The van der Waals surface area contributed by atoms with Crippen LogP contribution in [-0.2, 0) is 33.5 Å². The molecule has 1 unspecified atom stereocenters. The van der Waals surface area contributed by atoms with E-state index in [4.69, 9.17) is 0 Å². The molecule has 7 nitrogen and oxygen atoms in total. The van der Waals surface area contributed by atoms with Crippen LogP contribution in [0, 0.1) is 11.8 Å². The first kappa shape index (κ1) is 44.9. The molecule has 0 heterocycles. The van der Waals surface area contributed by atoms with Gasteiger partial charge in [0.05, 0.1) is 10.5 Å². The summed E-state index contributed by atoms with van der Waals surface area (Å²) in [5.74, 6) is 1.80. The van der Waals surface area contributed by atoms with Gasteiger partial charge in [0.15, 0.2) is 9.84 Å². The van der Waals surface area contributed by atoms with Crippen LogP contribution in [0.3, 0.4) is 0 Å². The van der Waals surface area contributed by atoms with E-state index < -0.39 is 25.4 Å². The first-order valence-corrected chi connectivity index (χ1v) is 23.3. The second-order valence-corrected chi connectivity index (χ2v) is 22.5. The third kappa shape index (κ3) is 15.3. The summed E-state index contributed by atoms with van der Waals surface area (Å²) in [5, 5.41) is 6.31. The van der Waals surface area contributed by atoms with Gasteiger partial charge in [-0.2, -0.15) is 0 Å². The molecule has 2 aliphatic rings. The third-order valence-corrected chi connectivity index (χ3v) is 15.8. The topological polar surface area (TPSA) is 109 Å². The van der Waals surface area contributed by atoms with Gasteiger partial charge in [-0.25, -0.2) is 8.42 Å². The monoisotopic (exact) mass is 770 g/mol. The van der Waals surface area contributed by atoms with Crippen LogP contribution in [0.1, 0.15) is 164 Å². The molecule has 2 fully saturated rings. The summed E-state index contributed by atoms with van der Waals surface area (Å²) in [4.78, 5) is 24.9. The Morgan fingerprint density at radius 3 is 1.36 bits per heavy atom. The molecule has 298 valence electrons. The van der Waals surface area contributed by atoms with Crippen molar-refractivity contribution in [2.45, 2.75) is 167 Å². The van der Waals surface area contributed by atoms with Crippen molar-refractivity contribution in [1.29, 1.82) is 0 Å². The van der Waals surface area contributed by atoms with Crippen molar-refractivity contribution in [3.63, 3.8) is 0 Å². The lowest BCUT2D eigenvalue weighted by Gasteiger charge is -2.31. The first-order chi connectivity index (χ1) is 24.9. The molecule has 9 heteroatoms. The number of hydrogen-bond acceptors (Lipinski definition) is 5. The Kier molecular flexibility index (Phi) is 17.7. The fourth-order valence-corrected chi connectivity index (χ4v) is 9.63. The molecule has 53 heavy (non-hydrogen) atoms. The SMILES string of the molecule is CCCCc1ccc(C(=O)NC2CCC(CS(=O)(=O)C(C)(C)C)CC2)cc1.CCCCc1ccc(C(=O)NC2CCC(CS(=O)C(C)(C)C)CC2)cc1. The summed E-state index contributed by atoms with van der Waals surface area (Å²) in [7, 11) is -3.86. The standard InChI is InChI=1S/C22H35NO3S.C22H35NO2S/c1-5-6-7-17-8-12-19(13-9-17)21(24)23-20-14-10-18(11-15-20)16-27(25,26)22(2,3)4;1-5-6-7-17-8-12-19(13-9-17)21(24)23-20-14-10-18(11-15-20)16-26(25)22(2,3)4/h8-9,12-13,18,20H,5-7,10-11,14-16H2,1-4H3,(H,23,24);8-9,12-13,18,20H,5-7,10-11,14-16H2,1-4H3,(H,23,24). The van der Waals surface area contributed by atoms with Crippen LogP contribution in [-0.4, -0.2) is 57.5 Å². The third-order valence-electron chi connectivity index (χ3n) is 10.9. The molecule has 0 aliphatic heterocycles. The largest absolute Gasteiger partial charge is 0.349 e. The summed E-state index contributed by atoms with van der Waals surface area (Å²) in [6.07, 6.45) is 14.4. The zero-order valence-corrected chi connectivity index (χ0v) is 35.7. The van der Waals surface area contributed by atoms with Crippen LogP contribution in [0.25, 0.3) is 0 Å². The van der Waals surface area contributed by atoms with E-state index >= 15 is 0 Å². The smallest absolute Gasteiger partial charge is 0.251 e. The fraction of sp³-hybridized carbons (Fsp3) is 0.682. The van der Waals surface area contributed by atoms with Gasteiger partial charge in [-0.05, 0) is 166 Å². The molecule has 0 saturated heterocycles. The number of carbonyl (C=O) groups excluding carboxylic acids is 2. The van der Waals surface area contributed by atoms with E-state index in [9.17, 15) is 22.2 Å². The predicted molar refractivity (Wildman–Crippen MR) is 223 cm³/mol. The number of rotatable bonds is 14. The molecule has 2 saturated carbocycles. The molecule has 0 spiro atoms. The molecule has 1 atom stereocenters. The van der Waals surface area contributed by atoms with Crippen LogP contribution in [0.5, 0.6) is 0 Å². The Morgan fingerprint density at radius 2 is 1.02 bits per heavy atom. The number of hydrogen-bond donors (Lipinski definition) is 2. The van der Waals surface area contributed by atoms with E-state index in [1.165, 1.54) is 36.8 Å². The van der Waals surface area contributed by atoms with Gasteiger partial charge in [0, 0.05) is 44.5 Å². The van der Waals surface area contributed by atoms with Crippen molar-refractivity contribution >= 4 is 32.5 Å². The van der Waals surface area contributed by atoms with Gasteiger partial charge in [0.25, 0.3) is 11.8 Å². The maximum absolute atomic E-state index is 12.5. The molecular formula is C44H70N2O5S2. The average Bonchev–Trinajstić information content (AvgIpc) is 3.11. The van der Waals surface area contributed by atoms with Gasteiger partial charge < -0.3 is 10.6 Å². The van der Waals surface area contributed by atoms with Gasteiger partial charge >= 0.3 is 0 Å². The maximum atomic E-state index is 12.5. The van der Waals surface area contributed by atoms with E-state index in [1.54, 1.807) is 20.8 Å². The molecule has 4 rings (SSSR count). The van der Waals surface area contributed by atoms with Crippen LogP contribution < -0.4 is 10.6 Å². The Hall–Kier alpha value is -2.52. The van der Waals surface area contributed by atoms with Crippen LogP contribution in [0.2, 0.25) is 0 Å². The van der Waals surface area contributed by atoms with E-state index in [2.05, 4.69) is 36.6 Å². The molecule has 0 bridgehead atoms. The normalized spacial score (nSPS) is 21.5. The summed E-state index contributed by atoms with van der Waals surface area (Å²) in [6, 6.07) is 16.3. The first-order valence-electron chi connectivity index (χ1n) is 20.3. The highest BCUT2D eigenvalue weighted by molar-refractivity contribution is 7.92. The number of sulfone groups is 1. The van der Waals surface area contributed by atoms with E-state index in [0.717, 1.165) is 75.5 Å². The van der Waals surface area contributed by atoms with Crippen LogP contribution >= 0.6 is 0 Å². The number of amides is 2. The summed E-state index contributed by atoms with van der Waals surface area (Å²) < 4.78 is 36.3. The molecule has 2 aromatic rings. The van der Waals surface area contributed by atoms with Gasteiger partial charge in [-0.15, -0.1) is 0 Å². The Morgan fingerprint density at radius 1 is 0.642 bits per heavy atom. The molecular weight excluding hydrogens is 701 g/mol.